The number of carbonyl (C=O) groups excluding carboxylic acids is 2. The maximum absolute atomic E-state index is 11.5. The van der Waals surface area contributed by atoms with Crippen molar-refractivity contribution in [1.82, 2.24) is 10.2 Å². The molecule has 0 spiro atoms. The summed E-state index contributed by atoms with van der Waals surface area (Å²) in [6.07, 6.45) is 1.34. The molecule has 2 amide bonds. The molecule has 1 aromatic rings. The summed E-state index contributed by atoms with van der Waals surface area (Å²) >= 11 is 0. The second-order valence-electron chi connectivity index (χ2n) is 3.58. The Morgan fingerprint density at radius 3 is 2.44 bits per heavy atom. The summed E-state index contributed by atoms with van der Waals surface area (Å²) in [5.41, 5.74) is 0. The Bertz CT molecular complexity index is 371. The fourth-order valence-corrected chi connectivity index (χ4v) is 1.39. The molecule has 0 fully saturated rings. The summed E-state index contributed by atoms with van der Waals surface area (Å²) in [5, 5.41) is 19.7. The summed E-state index contributed by atoms with van der Waals surface area (Å²) < 4.78 is 4.84. The Balaban J connectivity index is 2.42. The Hall–Kier alpha value is -1.70. The third-order valence-corrected chi connectivity index (χ3v) is 2.20. The Kier molecular flexibility index (Phi) is 6.06. The second-order valence-corrected chi connectivity index (χ2v) is 3.58. The van der Waals surface area contributed by atoms with E-state index >= 15 is 0 Å². The third-order valence-electron chi connectivity index (χ3n) is 2.20. The van der Waals surface area contributed by atoms with E-state index in [1.54, 1.807) is 6.07 Å². The highest BCUT2D eigenvalue weighted by Gasteiger charge is 2.15. The molecule has 7 heteroatoms. The van der Waals surface area contributed by atoms with Gasteiger partial charge in [0.2, 0.25) is 5.91 Å². The Labute approximate surface area is 104 Å². The van der Waals surface area contributed by atoms with E-state index in [0.29, 0.717) is 0 Å². The van der Waals surface area contributed by atoms with Crippen LogP contribution >= 0.6 is 0 Å². The summed E-state index contributed by atoms with van der Waals surface area (Å²) in [6, 6.07) is 2.99. The van der Waals surface area contributed by atoms with Gasteiger partial charge in [-0.25, -0.2) is 0 Å². The van der Waals surface area contributed by atoms with Crippen molar-refractivity contribution < 1.29 is 24.2 Å². The molecule has 1 heterocycles. The van der Waals surface area contributed by atoms with Crippen LogP contribution in [0.5, 0.6) is 0 Å². The van der Waals surface area contributed by atoms with Crippen molar-refractivity contribution in [3.8, 4) is 0 Å². The lowest BCUT2D eigenvalue weighted by molar-refractivity contribution is -0.121. The monoisotopic (exact) mass is 256 g/mol. The molecule has 7 nitrogen and oxygen atoms in total. The van der Waals surface area contributed by atoms with Crippen LogP contribution in [-0.4, -0.2) is 59.8 Å². The largest absolute Gasteiger partial charge is 0.459 e. The molecule has 0 saturated carbocycles. The van der Waals surface area contributed by atoms with Gasteiger partial charge < -0.3 is 14.6 Å². The van der Waals surface area contributed by atoms with E-state index in [1.807, 2.05) is 0 Å². The maximum atomic E-state index is 11.5. The topological polar surface area (TPSA) is 103 Å². The van der Waals surface area contributed by atoms with Crippen molar-refractivity contribution in [2.45, 2.75) is 0 Å². The number of hydrogen-bond acceptors (Lipinski definition) is 6. The molecule has 0 radical (unpaired) electrons. The molecular formula is C11H16N2O5. The fraction of sp³-hybridized carbons (Fsp3) is 0.455. The molecular weight excluding hydrogens is 240 g/mol. The van der Waals surface area contributed by atoms with E-state index in [2.05, 4.69) is 5.32 Å². The smallest absolute Gasteiger partial charge is 0.293 e. The quantitative estimate of drug-likeness (QED) is 0.567. The Morgan fingerprint density at radius 1 is 1.28 bits per heavy atom. The highest BCUT2D eigenvalue weighted by Crippen LogP contribution is 1.99. The molecule has 0 aromatic carbocycles. The van der Waals surface area contributed by atoms with E-state index in [0.717, 1.165) is 0 Å². The van der Waals surface area contributed by atoms with Gasteiger partial charge in [0.25, 0.3) is 5.91 Å². The molecule has 3 N–H and O–H groups in total. The van der Waals surface area contributed by atoms with Gasteiger partial charge in [-0.2, -0.15) is 0 Å². The van der Waals surface area contributed by atoms with Crippen molar-refractivity contribution in [3.05, 3.63) is 24.2 Å². The van der Waals surface area contributed by atoms with E-state index in [9.17, 15) is 9.59 Å². The molecule has 0 unspecified atom stereocenters. The molecule has 0 aliphatic heterocycles. The number of carbonyl (C=O) groups is 2. The Morgan fingerprint density at radius 2 is 1.94 bits per heavy atom. The molecule has 0 atom stereocenters. The SMILES string of the molecule is O=C(CN(CCO)CCO)NC(=O)c1ccco1. The van der Waals surface area contributed by atoms with Crippen LogP contribution in [0, 0.1) is 0 Å². The number of furan rings is 1. The van der Waals surface area contributed by atoms with Gasteiger partial charge >= 0.3 is 0 Å². The lowest BCUT2D eigenvalue weighted by Gasteiger charge is -2.18. The zero-order valence-electron chi connectivity index (χ0n) is 9.83. The number of amides is 2. The first-order chi connectivity index (χ1) is 8.67. The summed E-state index contributed by atoms with van der Waals surface area (Å²) in [4.78, 5) is 24.5. The number of rotatable bonds is 7. The fourth-order valence-electron chi connectivity index (χ4n) is 1.39. The van der Waals surface area contributed by atoms with Crippen molar-refractivity contribution in [2.24, 2.45) is 0 Å². The minimum absolute atomic E-state index is 0.0548. The first kappa shape index (κ1) is 14.4. The van der Waals surface area contributed by atoms with Gasteiger partial charge in [0.05, 0.1) is 26.0 Å². The normalized spacial score (nSPS) is 10.6. The van der Waals surface area contributed by atoms with Crippen LogP contribution in [0.1, 0.15) is 10.6 Å². The van der Waals surface area contributed by atoms with Gasteiger partial charge in [-0.1, -0.05) is 0 Å². The minimum Gasteiger partial charge on any atom is -0.459 e. The second kappa shape index (κ2) is 7.59. The summed E-state index contributed by atoms with van der Waals surface area (Å²) in [5.74, 6) is -1.07. The number of nitrogens with one attached hydrogen (secondary N) is 1. The van der Waals surface area contributed by atoms with E-state index in [4.69, 9.17) is 14.6 Å². The average molecular weight is 256 g/mol. The van der Waals surface area contributed by atoms with Crippen molar-refractivity contribution in [2.75, 3.05) is 32.8 Å². The van der Waals surface area contributed by atoms with Gasteiger partial charge in [-0.3, -0.25) is 19.8 Å². The third kappa shape index (κ3) is 4.66. The zero-order chi connectivity index (χ0) is 13.4. The standard InChI is InChI=1S/C11H16N2O5/c14-5-3-13(4-6-15)8-10(16)12-11(17)9-2-1-7-18-9/h1-2,7,14-15H,3-6,8H2,(H,12,16,17). The highest BCUT2D eigenvalue weighted by molar-refractivity contribution is 6.03. The molecule has 0 saturated heterocycles. The highest BCUT2D eigenvalue weighted by atomic mass is 16.3. The number of hydrogen-bond donors (Lipinski definition) is 3. The average Bonchev–Trinajstić information content (AvgIpc) is 2.82. The predicted octanol–water partition coefficient (Wildman–Crippen LogP) is -1.18. The molecule has 0 bridgehead atoms. The summed E-state index contributed by atoms with van der Waals surface area (Å²) in [7, 11) is 0. The van der Waals surface area contributed by atoms with Crippen LogP contribution in [0.25, 0.3) is 0 Å². The van der Waals surface area contributed by atoms with Crippen LogP contribution in [0.15, 0.2) is 22.8 Å². The van der Waals surface area contributed by atoms with E-state index in [-0.39, 0.29) is 38.6 Å². The lowest BCUT2D eigenvalue weighted by atomic mass is 10.4. The lowest BCUT2D eigenvalue weighted by Crippen LogP contribution is -2.42. The number of imide groups is 1. The molecule has 100 valence electrons. The first-order valence-corrected chi connectivity index (χ1v) is 5.49. The maximum Gasteiger partial charge on any atom is 0.293 e. The van der Waals surface area contributed by atoms with Gasteiger partial charge in [0.1, 0.15) is 0 Å². The number of nitrogens with zero attached hydrogens (tertiary/aromatic N) is 1. The van der Waals surface area contributed by atoms with Crippen LogP contribution in [0.4, 0.5) is 0 Å². The van der Waals surface area contributed by atoms with Crippen LogP contribution < -0.4 is 5.32 Å². The molecule has 18 heavy (non-hydrogen) atoms. The zero-order valence-corrected chi connectivity index (χ0v) is 9.83. The van der Waals surface area contributed by atoms with Crippen molar-refractivity contribution in [1.29, 1.82) is 0 Å². The van der Waals surface area contributed by atoms with Crippen molar-refractivity contribution in [3.63, 3.8) is 0 Å². The number of aliphatic hydroxyl groups excluding tert-OH is 2. The van der Waals surface area contributed by atoms with Gasteiger partial charge in [0, 0.05) is 13.1 Å². The number of aliphatic hydroxyl groups is 2. The predicted molar refractivity (Wildman–Crippen MR) is 61.8 cm³/mol. The summed E-state index contributed by atoms with van der Waals surface area (Å²) in [6.45, 7) is 0.179. The first-order valence-electron chi connectivity index (χ1n) is 5.49. The van der Waals surface area contributed by atoms with Crippen LogP contribution in [0.3, 0.4) is 0 Å². The molecule has 1 rings (SSSR count). The van der Waals surface area contributed by atoms with E-state index < -0.39 is 11.8 Å². The van der Waals surface area contributed by atoms with Crippen molar-refractivity contribution >= 4 is 11.8 Å². The van der Waals surface area contributed by atoms with E-state index in [1.165, 1.54) is 17.2 Å². The van der Waals surface area contributed by atoms with Gasteiger partial charge in [-0.05, 0) is 12.1 Å². The van der Waals surface area contributed by atoms with Gasteiger partial charge in [-0.15, -0.1) is 0 Å². The van der Waals surface area contributed by atoms with Gasteiger partial charge in [0.15, 0.2) is 5.76 Å². The van der Waals surface area contributed by atoms with Crippen LogP contribution in [0.2, 0.25) is 0 Å². The van der Waals surface area contributed by atoms with Crippen LogP contribution in [-0.2, 0) is 4.79 Å². The molecule has 0 aliphatic carbocycles. The molecule has 0 aliphatic rings. The minimum atomic E-state index is -0.613. The molecule has 1 aromatic heterocycles.